The second-order valence-corrected chi connectivity index (χ2v) is 5.89. The van der Waals surface area contributed by atoms with Crippen LogP contribution in [0.25, 0.3) is 0 Å². The first-order chi connectivity index (χ1) is 11.7. The maximum Gasteiger partial charge on any atom is 0.261 e. The second-order valence-electron chi connectivity index (χ2n) is 5.89. The molecular weight excluding hydrogens is 298 g/mol. The lowest BCUT2D eigenvalue weighted by Crippen LogP contribution is -2.38. The van der Waals surface area contributed by atoms with Crippen LogP contribution in [-0.4, -0.2) is 18.6 Å². The van der Waals surface area contributed by atoms with Crippen molar-refractivity contribution in [3.63, 3.8) is 0 Å². The third-order valence-corrected chi connectivity index (χ3v) is 4.06. The lowest BCUT2D eigenvalue weighted by molar-refractivity contribution is -0.128. The molecule has 3 nitrogen and oxygen atoms in total. The van der Waals surface area contributed by atoms with E-state index in [1.54, 1.807) is 0 Å². The average Bonchev–Trinajstić information content (AvgIpc) is 2.64. The molecular formula is C21H27NO2. The summed E-state index contributed by atoms with van der Waals surface area (Å²) < 4.78 is 5.83. The number of hydrogen-bond donors (Lipinski definition) is 1. The number of carbonyl (C=O) groups excluding carboxylic acids is 1. The van der Waals surface area contributed by atoms with Gasteiger partial charge < -0.3 is 10.1 Å². The number of amides is 1. The van der Waals surface area contributed by atoms with E-state index in [0.29, 0.717) is 13.0 Å². The number of nitrogens with one attached hydrogen (secondary N) is 1. The van der Waals surface area contributed by atoms with Gasteiger partial charge in [-0.2, -0.15) is 0 Å². The highest BCUT2D eigenvalue weighted by atomic mass is 16.5. The highest BCUT2D eigenvalue weighted by molar-refractivity contribution is 5.81. The van der Waals surface area contributed by atoms with Crippen molar-refractivity contribution >= 4 is 5.91 Å². The van der Waals surface area contributed by atoms with Crippen LogP contribution < -0.4 is 10.1 Å². The van der Waals surface area contributed by atoms with Crippen LogP contribution >= 0.6 is 0 Å². The van der Waals surface area contributed by atoms with E-state index in [-0.39, 0.29) is 5.91 Å². The molecule has 3 heteroatoms. The molecule has 128 valence electrons. The summed E-state index contributed by atoms with van der Waals surface area (Å²) in [5.41, 5.74) is 2.56. The highest BCUT2D eigenvalue weighted by Crippen LogP contribution is 2.15. The van der Waals surface area contributed by atoms with E-state index < -0.39 is 6.10 Å². The third kappa shape index (κ3) is 5.73. The monoisotopic (exact) mass is 325 g/mol. The zero-order chi connectivity index (χ0) is 17.2. The summed E-state index contributed by atoms with van der Waals surface area (Å²) in [6.45, 7) is 4.75. The van der Waals surface area contributed by atoms with E-state index >= 15 is 0 Å². The molecule has 24 heavy (non-hydrogen) atoms. The fraction of sp³-hybridized carbons (Fsp3) is 0.381. The van der Waals surface area contributed by atoms with Gasteiger partial charge in [0.25, 0.3) is 5.91 Å². The van der Waals surface area contributed by atoms with Crippen LogP contribution in [0.1, 0.15) is 37.8 Å². The van der Waals surface area contributed by atoms with Gasteiger partial charge in [0, 0.05) is 6.54 Å². The minimum atomic E-state index is -0.436. The summed E-state index contributed by atoms with van der Waals surface area (Å²) in [5, 5.41) is 2.98. The minimum Gasteiger partial charge on any atom is -0.481 e. The van der Waals surface area contributed by atoms with Crippen molar-refractivity contribution in [3.8, 4) is 5.75 Å². The molecule has 0 bridgehead atoms. The Morgan fingerprint density at radius 2 is 1.71 bits per heavy atom. The van der Waals surface area contributed by atoms with Gasteiger partial charge in [-0.3, -0.25) is 4.79 Å². The normalized spacial score (nSPS) is 11.8. The topological polar surface area (TPSA) is 38.3 Å². The van der Waals surface area contributed by atoms with Gasteiger partial charge >= 0.3 is 0 Å². The molecule has 1 N–H and O–H groups in total. The van der Waals surface area contributed by atoms with Crippen LogP contribution in [0.4, 0.5) is 0 Å². The smallest absolute Gasteiger partial charge is 0.261 e. The minimum absolute atomic E-state index is 0.0369. The molecule has 0 aliphatic rings. The van der Waals surface area contributed by atoms with Gasteiger partial charge in [0.05, 0.1) is 0 Å². The lowest BCUT2D eigenvalue weighted by atomic mass is 10.1. The average molecular weight is 325 g/mol. The summed E-state index contributed by atoms with van der Waals surface area (Å²) in [5.74, 6) is 0.712. The standard InChI is InChI=1S/C21H27NO2/c1-3-17-12-14-19(15-13-17)24-20(4-2)21(23)22-16-8-11-18-9-6-5-7-10-18/h5-7,9-10,12-15,20H,3-4,8,11,16H2,1-2H3,(H,22,23). The predicted molar refractivity (Wildman–Crippen MR) is 98.3 cm³/mol. The molecule has 0 aliphatic heterocycles. The quantitative estimate of drug-likeness (QED) is 0.703. The zero-order valence-corrected chi connectivity index (χ0v) is 14.6. The Kier molecular flexibility index (Phi) is 7.34. The lowest BCUT2D eigenvalue weighted by Gasteiger charge is -2.17. The molecule has 0 saturated carbocycles. The predicted octanol–water partition coefficient (Wildman–Crippen LogP) is 4.16. The first-order valence-electron chi connectivity index (χ1n) is 8.80. The SMILES string of the molecule is CCc1ccc(OC(CC)C(=O)NCCCc2ccccc2)cc1. The number of benzene rings is 2. The third-order valence-electron chi connectivity index (χ3n) is 4.06. The first-order valence-corrected chi connectivity index (χ1v) is 8.80. The molecule has 0 fully saturated rings. The van der Waals surface area contributed by atoms with E-state index in [1.165, 1.54) is 11.1 Å². The van der Waals surface area contributed by atoms with Crippen LogP contribution in [0.3, 0.4) is 0 Å². The zero-order valence-electron chi connectivity index (χ0n) is 14.6. The van der Waals surface area contributed by atoms with E-state index in [2.05, 4.69) is 24.4 Å². The van der Waals surface area contributed by atoms with Crippen molar-refractivity contribution in [1.29, 1.82) is 0 Å². The molecule has 0 aromatic heterocycles. The van der Waals surface area contributed by atoms with E-state index in [1.807, 2.05) is 49.4 Å². The molecule has 1 amide bonds. The summed E-state index contributed by atoms with van der Waals surface area (Å²) in [4.78, 5) is 12.3. The summed E-state index contributed by atoms with van der Waals surface area (Å²) >= 11 is 0. The van der Waals surface area contributed by atoms with Crippen LogP contribution in [0.2, 0.25) is 0 Å². The van der Waals surface area contributed by atoms with Crippen LogP contribution in [0.15, 0.2) is 54.6 Å². The summed E-state index contributed by atoms with van der Waals surface area (Å²) in [7, 11) is 0. The maximum absolute atomic E-state index is 12.3. The van der Waals surface area contributed by atoms with Crippen molar-refractivity contribution in [2.24, 2.45) is 0 Å². The summed E-state index contributed by atoms with van der Waals surface area (Å²) in [6.07, 6.45) is 3.11. The van der Waals surface area contributed by atoms with Crippen molar-refractivity contribution in [1.82, 2.24) is 5.32 Å². The number of aryl methyl sites for hydroxylation is 2. The molecule has 2 aromatic rings. The second kappa shape index (κ2) is 9.76. The molecule has 0 heterocycles. The van der Waals surface area contributed by atoms with Crippen molar-refractivity contribution in [2.75, 3.05) is 6.54 Å². The Bertz CT molecular complexity index is 607. The molecule has 0 aliphatic carbocycles. The van der Waals surface area contributed by atoms with Crippen LogP contribution in [0, 0.1) is 0 Å². The molecule has 2 aromatic carbocycles. The summed E-state index contributed by atoms with van der Waals surface area (Å²) in [6, 6.07) is 18.3. The number of ether oxygens (including phenoxy) is 1. The fourth-order valence-electron chi connectivity index (χ4n) is 2.55. The van der Waals surface area contributed by atoms with Gasteiger partial charge in [0.1, 0.15) is 5.75 Å². The molecule has 0 spiro atoms. The van der Waals surface area contributed by atoms with E-state index in [4.69, 9.17) is 4.74 Å². The largest absolute Gasteiger partial charge is 0.481 e. The molecule has 1 atom stereocenters. The van der Waals surface area contributed by atoms with Crippen molar-refractivity contribution in [2.45, 2.75) is 45.6 Å². The van der Waals surface area contributed by atoms with Crippen LogP contribution in [0.5, 0.6) is 5.75 Å². The van der Waals surface area contributed by atoms with Gasteiger partial charge in [-0.1, -0.05) is 56.3 Å². The first kappa shape index (κ1) is 18.1. The Morgan fingerprint density at radius 1 is 1.00 bits per heavy atom. The Labute approximate surface area is 145 Å². The van der Waals surface area contributed by atoms with Gasteiger partial charge in [-0.25, -0.2) is 0 Å². The fourth-order valence-corrected chi connectivity index (χ4v) is 2.55. The van der Waals surface area contributed by atoms with Gasteiger partial charge in [0.2, 0.25) is 0 Å². The Morgan fingerprint density at radius 3 is 2.33 bits per heavy atom. The van der Waals surface area contributed by atoms with Gasteiger partial charge in [0.15, 0.2) is 6.10 Å². The van der Waals surface area contributed by atoms with Gasteiger partial charge in [-0.05, 0) is 48.9 Å². The number of carbonyl (C=O) groups is 1. The van der Waals surface area contributed by atoms with E-state index in [0.717, 1.165) is 25.0 Å². The highest BCUT2D eigenvalue weighted by Gasteiger charge is 2.17. The van der Waals surface area contributed by atoms with Crippen molar-refractivity contribution in [3.05, 3.63) is 65.7 Å². The maximum atomic E-state index is 12.3. The Balaban J connectivity index is 1.76. The molecule has 1 unspecified atom stereocenters. The van der Waals surface area contributed by atoms with Crippen molar-refractivity contribution < 1.29 is 9.53 Å². The number of hydrogen-bond acceptors (Lipinski definition) is 2. The Hall–Kier alpha value is -2.29. The van der Waals surface area contributed by atoms with E-state index in [9.17, 15) is 4.79 Å². The van der Waals surface area contributed by atoms with Gasteiger partial charge in [-0.15, -0.1) is 0 Å². The number of rotatable bonds is 9. The molecule has 2 rings (SSSR count). The molecule has 0 saturated heterocycles. The molecule has 0 radical (unpaired) electrons. The van der Waals surface area contributed by atoms with Crippen LogP contribution in [-0.2, 0) is 17.6 Å².